The second-order valence-electron chi connectivity index (χ2n) is 11.1. The molecule has 0 aliphatic carbocycles. The van der Waals surface area contributed by atoms with E-state index in [0.29, 0.717) is 0 Å². The van der Waals surface area contributed by atoms with Crippen molar-refractivity contribution < 1.29 is 19.1 Å². The van der Waals surface area contributed by atoms with Gasteiger partial charge < -0.3 is 20.3 Å². The third-order valence-corrected chi connectivity index (χ3v) is 4.99. The molecule has 1 rings (SSSR count). The van der Waals surface area contributed by atoms with Crippen LogP contribution in [0.15, 0.2) is 30.9 Å². The van der Waals surface area contributed by atoms with E-state index in [1.54, 1.807) is 26.8 Å². The van der Waals surface area contributed by atoms with Gasteiger partial charge in [-0.05, 0) is 72.4 Å². The fourth-order valence-electron chi connectivity index (χ4n) is 3.61. The Labute approximate surface area is 205 Å². The molecule has 7 nitrogen and oxygen atoms in total. The molecule has 0 heterocycles. The molecule has 34 heavy (non-hydrogen) atoms. The molecule has 0 aromatic heterocycles. The second-order valence-corrected chi connectivity index (χ2v) is 11.1. The Balaban J connectivity index is 3.52. The third-order valence-electron chi connectivity index (χ3n) is 4.99. The smallest absolute Gasteiger partial charge is 0.408 e. The number of carbonyl (C=O) groups excluding carboxylic acids is 3. The van der Waals surface area contributed by atoms with E-state index in [4.69, 9.17) is 4.74 Å². The van der Waals surface area contributed by atoms with Crippen LogP contribution in [-0.4, -0.2) is 46.5 Å². The molecule has 2 unspecified atom stereocenters. The maximum Gasteiger partial charge on any atom is 0.408 e. The van der Waals surface area contributed by atoms with Gasteiger partial charge >= 0.3 is 6.09 Å². The van der Waals surface area contributed by atoms with Crippen LogP contribution in [0.1, 0.15) is 78.1 Å². The van der Waals surface area contributed by atoms with E-state index in [1.807, 2.05) is 66.7 Å². The number of ether oxygens (including phenoxy) is 1. The highest BCUT2D eigenvalue weighted by molar-refractivity contribution is 5.92. The number of hydrogen-bond donors (Lipinski definition) is 2. The zero-order valence-corrected chi connectivity index (χ0v) is 22.5. The molecule has 0 fully saturated rings. The van der Waals surface area contributed by atoms with Gasteiger partial charge in [-0.15, -0.1) is 6.58 Å². The van der Waals surface area contributed by atoms with Gasteiger partial charge in [-0.1, -0.05) is 43.7 Å². The van der Waals surface area contributed by atoms with E-state index in [9.17, 15) is 14.4 Å². The highest BCUT2D eigenvalue weighted by Gasteiger charge is 2.38. The van der Waals surface area contributed by atoms with Crippen LogP contribution in [0.3, 0.4) is 0 Å². The molecule has 0 aliphatic heterocycles. The summed E-state index contributed by atoms with van der Waals surface area (Å²) in [5, 5.41) is 5.72. The lowest BCUT2D eigenvalue weighted by Crippen LogP contribution is -2.56. The molecule has 0 radical (unpaired) electrons. The lowest BCUT2D eigenvalue weighted by Gasteiger charge is -2.36. The van der Waals surface area contributed by atoms with Crippen LogP contribution in [0.5, 0.6) is 0 Å². The van der Waals surface area contributed by atoms with Gasteiger partial charge in [0.1, 0.15) is 17.7 Å². The molecule has 1 aromatic rings. The Hall–Kier alpha value is -2.83. The average molecular weight is 474 g/mol. The summed E-state index contributed by atoms with van der Waals surface area (Å²) in [4.78, 5) is 41.4. The van der Waals surface area contributed by atoms with Crippen LogP contribution in [0.25, 0.3) is 0 Å². The highest BCUT2D eigenvalue weighted by Crippen LogP contribution is 2.28. The minimum Gasteiger partial charge on any atom is -0.444 e. The van der Waals surface area contributed by atoms with E-state index in [0.717, 1.165) is 16.7 Å². The topological polar surface area (TPSA) is 87.7 Å². The summed E-state index contributed by atoms with van der Waals surface area (Å²) in [6.45, 7) is 22.5. The maximum absolute atomic E-state index is 13.9. The van der Waals surface area contributed by atoms with Crippen molar-refractivity contribution in [1.82, 2.24) is 15.5 Å². The van der Waals surface area contributed by atoms with Gasteiger partial charge in [0, 0.05) is 12.1 Å². The average Bonchev–Trinajstić information content (AvgIpc) is 2.63. The third kappa shape index (κ3) is 8.84. The predicted molar refractivity (Wildman–Crippen MR) is 136 cm³/mol. The summed E-state index contributed by atoms with van der Waals surface area (Å²) in [5.74, 6) is -0.915. The molecule has 0 saturated heterocycles. The Morgan fingerprint density at radius 1 is 1.09 bits per heavy atom. The monoisotopic (exact) mass is 473 g/mol. The fraction of sp³-hybridized carbons (Fsp3) is 0.593. The first-order valence-corrected chi connectivity index (χ1v) is 11.8. The van der Waals surface area contributed by atoms with Crippen molar-refractivity contribution in [2.24, 2.45) is 5.92 Å². The zero-order valence-electron chi connectivity index (χ0n) is 22.5. The number of alkyl carbamates (subject to hydrolysis) is 1. The summed E-state index contributed by atoms with van der Waals surface area (Å²) in [5.41, 5.74) is 1.48. The lowest BCUT2D eigenvalue weighted by atomic mass is 9.94. The van der Waals surface area contributed by atoms with Crippen molar-refractivity contribution in [2.45, 2.75) is 92.5 Å². The van der Waals surface area contributed by atoms with Crippen LogP contribution in [0.2, 0.25) is 0 Å². The number of carbonyl (C=O) groups is 3. The molecule has 0 bridgehead atoms. The van der Waals surface area contributed by atoms with Gasteiger partial charge in [0.25, 0.3) is 0 Å². The van der Waals surface area contributed by atoms with E-state index in [1.165, 1.54) is 4.90 Å². The van der Waals surface area contributed by atoms with Crippen molar-refractivity contribution in [3.63, 3.8) is 0 Å². The SMILES string of the molecule is C=CCN(C(=O)C(NC(=O)OC(C)(C)C)C(C)C)C(C(=O)NC(C)(C)C)c1ccc(C)cc1C. The number of aryl methyl sites for hydroxylation is 2. The Morgan fingerprint density at radius 2 is 1.68 bits per heavy atom. The van der Waals surface area contributed by atoms with Gasteiger partial charge in [-0.2, -0.15) is 0 Å². The number of amides is 3. The summed E-state index contributed by atoms with van der Waals surface area (Å²) in [6.07, 6.45) is 0.907. The molecular formula is C27H43N3O4. The number of nitrogens with one attached hydrogen (secondary N) is 2. The van der Waals surface area contributed by atoms with Crippen molar-refractivity contribution in [3.8, 4) is 0 Å². The molecule has 2 N–H and O–H groups in total. The first kappa shape index (κ1) is 29.2. The van der Waals surface area contributed by atoms with E-state index in [-0.39, 0.29) is 24.3 Å². The van der Waals surface area contributed by atoms with Crippen LogP contribution in [-0.2, 0) is 14.3 Å². The van der Waals surface area contributed by atoms with Crippen molar-refractivity contribution >= 4 is 17.9 Å². The molecule has 7 heteroatoms. The van der Waals surface area contributed by atoms with Crippen molar-refractivity contribution in [3.05, 3.63) is 47.5 Å². The molecule has 0 spiro atoms. The summed E-state index contributed by atoms with van der Waals surface area (Å²) in [7, 11) is 0. The van der Waals surface area contributed by atoms with Gasteiger partial charge in [0.2, 0.25) is 11.8 Å². The number of rotatable bonds is 8. The van der Waals surface area contributed by atoms with Gasteiger partial charge in [0.05, 0.1) is 0 Å². The molecule has 3 amide bonds. The maximum atomic E-state index is 13.9. The summed E-state index contributed by atoms with van der Waals surface area (Å²) < 4.78 is 5.38. The van der Waals surface area contributed by atoms with Crippen LogP contribution >= 0.6 is 0 Å². The fourth-order valence-corrected chi connectivity index (χ4v) is 3.61. The van der Waals surface area contributed by atoms with E-state index in [2.05, 4.69) is 17.2 Å². The van der Waals surface area contributed by atoms with E-state index >= 15 is 0 Å². The quantitative estimate of drug-likeness (QED) is 0.530. The number of hydrogen-bond acceptors (Lipinski definition) is 4. The summed E-state index contributed by atoms with van der Waals surface area (Å²) >= 11 is 0. The zero-order chi connectivity index (χ0) is 26.4. The lowest BCUT2D eigenvalue weighted by molar-refractivity contribution is -0.143. The van der Waals surface area contributed by atoms with Crippen molar-refractivity contribution in [2.75, 3.05) is 6.54 Å². The second kappa shape index (κ2) is 11.5. The van der Waals surface area contributed by atoms with Crippen LogP contribution < -0.4 is 10.6 Å². The highest BCUT2D eigenvalue weighted by atomic mass is 16.6. The molecule has 2 atom stereocenters. The Kier molecular flexibility index (Phi) is 9.91. The first-order chi connectivity index (χ1) is 15.5. The molecule has 1 aromatic carbocycles. The minimum atomic E-state index is -0.896. The molecular weight excluding hydrogens is 430 g/mol. The Morgan fingerprint density at radius 3 is 2.12 bits per heavy atom. The molecule has 190 valence electrons. The van der Waals surface area contributed by atoms with Crippen LogP contribution in [0, 0.1) is 19.8 Å². The van der Waals surface area contributed by atoms with Crippen molar-refractivity contribution in [1.29, 1.82) is 0 Å². The van der Waals surface area contributed by atoms with Gasteiger partial charge in [-0.25, -0.2) is 4.79 Å². The number of nitrogens with zero attached hydrogens (tertiary/aromatic N) is 1. The standard InChI is InChI=1S/C27H43N3O4/c1-12-15-30(24(32)21(17(2)3)28-25(33)34-27(9,10)11)22(23(31)29-26(6,7)8)20-14-13-18(4)16-19(20)5/h12-14,16-17,21-22H,1,15H2,2-11H3,(H,28,33)(H,29,31). The molecule has 0 aliphatic rings. The summed E-state index contributed by atoms with van der Waals surface area (Å²) in [6, 6.07) is 4.02. The minimum absolute atomic E-state index is 0.133. The van der Waals surface area contributed by atoms with Gasteiger partial charge in [0.15, 0.2) is 0 Å². The van der Waals surface area contributed by atoms with Gasteiger partial charge in [-0.3, -0.25) is 9.59 Å². The van der Waals surface area contributed by atoms with E-state index < -0.39 is 29.3 Å². The largest absolute Gasteiger partial charge is 0.444 e. The first-order valence-electron chi connectivity index (χ1n) is 11.8. The predicted octanol–water partition coefficient (Wildman–Crippen LogP) is 4.82. The Bertz CT molecular complexity index is 894. The normalized spacial score (nSPS) is 13.6. The molecule has 0 saturated carbocycles. The number of benzene rings is 1. The van der Waals surface area contributed by atoms with Crippen LogP contribution in [0.4, 0.5) is 4.79 Å².